The molecule has 1 atom stereocenters. The first-order valence-corrected chi connectivity index (χ1v) is 5.70. The molecule has 0 aliphatic heterocycles. The Bertz CT molecular complexity index is 452. The fraction of sp³-hybridized carbons (Fsp3) is 0.583. The van der Waals surface area contributed by atoms with E-state index < -0.39 is 23.3 Å². The fourth-order valence-electron chi connectivity index (χ4n) is 1.74. The Kier molecular flexibility index (Phi) is 3.79. The number of nitrogens with zero attached hydrogens (tertiary/aromatic N) is 1. The van der Waals surface area contributed by atoms with Crippen LogP contribution in [0.25, 0.3) is 0 Å². The first-order chi connectivity index (χ1) is 8.14. The molecule has 1 aromatic rings. The van der Waals surface area contributed by atoms with Crippen molar-refractivity contribution in [3.8, 4) is 0 Å². The third-order valence-electron chi connectivity index (χ3n) is 2.74. The third-order valence-corrected chi connectivity index (χ3v) is 2.74. The van der Waals surface area contributed by atoms with Gasteiger partial charge in [0, 0.05) is 5.69 Å². The standard InChI is InChI=1S/C12H19N3O3/c1-6-8(7(2)15-14-6)10(16)13-9(11(17)18)12(3,4)5/h9H,1-5H3,(H,13,16)(H,14,15)(H,17,18). The number of aryl methyl sites for hydroxylation is 2. The van der Waals surface area contributed by atoms with Crippen LogP contribution in [0, 0.1) is 19.3 Å². The topological polar surface area (TPSA) is 95.1 Å². The highest BCUT2D eigenvalue weighted by Crippen LogP contribution is 2.20. The molecule has 6 heteroatoms. The van der Waals surface area contributed by atoms with Crippen LogP contribution in [0.4, 0.5) is 0 Å². The van der Waals surface area contributed by atoms with Gasteiger partial charge in [-0.05, 0) is 19.3 Å². The molecule has 1 heterocycles. The second-order valence-corrected chi connectivity index (χ2v) is 5.42. The molecule has 1 rings (SSSR count). The van der Waals surface area contributed by atoms with Gasteiger partial charge in [-0.15, -0.1) is 0 Å². The number of aromatic amines is 1. The average Bonchev–Trinajstić information content (AvgIpc) is 2.52. The van der Waals surface area contributed by atoms with Gasteiger partial charge in [-0.1, -0.05) is 20.8 Å². The molecule has 0 aromatic carbocycles. The predicted molar refractivity (Wildman–Crippen MR) is 66.4 cm³/mol. The first kappa shape index (κ1) is 14.2. The van der Waals surface area contributed by atoms with Crippen molar-refractivity contribution in [2.75, 3.05) is 0 Å². The van der Waals surface area contributed by atoms with Gasteiger partial charge in [0.1, 0.15) is 6.04 Å². The summed E-state index contributed by atoms with van der Waals surface area (Å²) < 4.78 is 0. The van der Waals surface area contributed by atoms with Crippen LogP contribution in [0.2, 0.25) is 0 Å². The maximum absolute atomic E-state index is 12.1. The number of amides is 1. The van der Waals surface area contributed by atoms with Gasteiger partial charge in [-0.3, -0.25) is 9.89 Å². The highest BCUT2D eigenvalue weighted by Gasteiger charge is 2.33. The van der Waals surface area contributed by atoms with Crippen molar-refractivity contribution in [3.05, 3.63) is 17.0 Å². The summed E-state index contributed by atoms with van der Waals surface area (Å²) in [5.41, 5.74) is 1.03. The lowest BCUT2D eigenvalue weighted by molar-refractivity contribution is -0.142. The van der Waals surface area contributed by atoms with E-state index >= 15 is 0 Å². The summed E-state index contributed by atoms with van der Waals surface area (Å²) in [6.07, 6.45) is 0. The minimum absolute atomic E-state index is 0.408. The number of rotatable bonds is 3. The number of nitrogens with one attached hydrogen (secondary N) is 2. The summed E-state index contributed by atoms with van der Waals surface area (Å²) >= 11 is 0. The van der Waals surface area contributed by atoms with Gasteiger partial charge in [0.25, 0.3) is 5.91 Å². The van der Waals surface area contributed by atoms with Gasteiger partial charge in [0.15, 0.2) is 0 Å². The lowest BCUT2D eigenvalue weighted by Gasteiger charge is -2.27. The van der Waals surface area contributed by atoms with E-state index in [0.29, 0.717) is 17.0 Å². The Morgan fingerprint density at radius 2 is 1.89 bits per heavy atom. The molecule has 1 amide bonds. The molecule has 18 heavy (non-hydrogen) atoms. The molecule has 3 N–H and O–H groups in total. The zero-order valence-corrected chi connectivity index (χ0v) is 11.3. The summed E-state index contributed by atoms with van der Waals surface area (Å²) in [7, 11) is 0. The lowest BCUT2D eigenvalue weighted by Crippen LogP contribution is -2.49. The van der Waals surface area contributed by atoms with Crippen LogP contribution in [0.15, 0.2) is 0 Å². The molecule has 0 aliphatic carbocycles. The molecule has 1 unspecified atom stereocenters. The van der Waals surface area contributed by atoms with Crippen molar-refractivity contribution < 1.29 is 14.7 Å². The van der Waals surface area contributed by atoms with Gasteiger partial charge in [-0.25, -0.2) is 4.79 Å². The van der Waals surface area contributed by atoms with E-state index in [0.717, 1.165) is 0 Å². The number of hydrogen-bond donors (Lipinski definition) is 3. The third kappa shape index (κ3) is 2.88. The van der Waals surface area contributed by atoms with E-state index in [4.69, 9.17) is 5.11 Å². The summed E-state index contributed by atoms with van der Waals surface area (Å²) in [4.78, 5) is 23.3. The molecule has 0 aliphatic rings. The Morgan fingerprint density at radius 1 is 1.33 bits per heavy atom. The number of H-pyrrole nitrogens is 1. The largest absolute Gasteiger partial charge is 0.480 e. The monoisotopic (exact) mass is 253 g/mol. The SMILES string of the molecule is Cc1n[nH]c(C)c1C(=O)NC(C(=O)O)C(C)(C)C. The van der Waals surface area contributed by atoms with Crippen molar-refractivity contribution in [1.29, 1.82) is 0 Å². The van der Waals surface area contributed by atoms with Crippen molar-refractivity contribution in [1.82, 2.24) is 15.5 Å². The summed E-state index contributed by atoms with van der Waals surface area (Å²) in [5.74, 6) is -1.46. The molecular weight excluding hydrogens is 234 g/mol. The molecule has 100 valence electrons. The van der Waals surface area contributed by atoms with Crippen molar-refractivity contribution in [2.45, 2.75) is 40.7 Å². The van der Waals surface area contributed by atoms with Crippen molar-refractivity contribution in [3.63, 3.8) is 0 Å². The Labute approximate surface area is 106 Å². The molecule has 1 aromatic heterocycles. The van der Waals surface area contributed by atoms with Gasteiger partial charge >= 0.3 is 5.97 Å². The van der Waals surface area contributed by atoms with Gasteiger partial charge in [0.2, 0.25) is 0 Å². The summed E-state index contributed by atoms with van der Waals surface area (Å²) in [6, 6.07) is -0.946. The molecule has 0 bridgehead atoms. The maximum atomic E-state index is 12.1. The zero-order chi connectivity index (χ0) is 14.1. The van der Waals surface area contributed by atoms with Crippen LogP contribution in [0.5, 0.6) is 0 Å². The maximum Gasteiger partial charge on any atom is 0.326 e. The van der Waals surface area contributed by atoms with Gasteiger partial charge in [0.05, 0.1) is 11.3 Å². The molecule has 6 nitrogen and oxygen atoms in total. The van der Waals surface area contributed by atoms with Crippen LogP contribution in [0.3, 0.4) is 0 Å². The number of carboxylic acids is 1. The second-order valence-electron chi connectivity index (χ2n) is 5.42. The number of aromatic nitrogens is 2. The molecule has 0 radical (unpaired) electrons. The smallest absolute Gasteiger partial charge is 0.326 e. The van der Waals surface area contributed by atoms with Crippen molar-refractivity contribution >= 4 is 11.9 Å². The Balaban J connectivity index is 2.97. The number of aliphatic carboxylic acids is 1. The predicted octanol–water partition coefficient (Wildman–Crippen LogP) is 1.26. The van der Waals surface area contributed by atoms with E-state index in [1.54, 1.807) is 34.6 Å². The van der Waals surface area contributed by atoms with Gasteiger partial charge < -0.3 is 10.4 Å². The van der Waals surface area contributed by atoms with Gasteiger partial charge in [-0.2, -0.15) is 5.10 Å². The number of carboxylic acid groups (broad SMARTS) is 1. The highest BCUT2D eigenvalue weighted by molar-refractivity contribution is 5.98. The zero-order valence-electron chi connectivity index (χ0n) is 11.3. The molecular formula is C12H19N3O3. The van der Waals surface area contributed by atoms with Crippen LogP contribution in [-0.4, -0.2) is 33.2 Å². The second kappa shape index (κ2) is 4.80. The average molecular weight is 253 g/mol. The molecule has 0 spiro atoms. The lowest BCUT2D eigenvalue weighted by atomic mass is 9.86. The van der Waals surface area contributed by atoms with Crippen LogP contribution < -0.4 is 5.32 Å². The van der Waals surface area contributed by atoms with E-state index in [1.807, 2.05) is 0 Å². The normalized spacial score (nSPS) is 13.2. The summed E-state index contributed by atoms with van der Waals surface area (Å²) in [6.45, 7) is 8.72. The van der Waals surface area contributed by atoms with E-state index in [1.165, 1.54) is 0 Å². The quantitative estimate of drug-likeness (QED) is 0.755. The highest BCUT2D eigenvalue weighted by atomic mass is 16.4. The molecule has 0 saturated carbocycles. The number of carbonyl (C=O) groups is 2. The molecule has 0 fully saturated rings. The van der Waals surface area contributed by atoms with E-state index in [2.05, 4.69) is 15.5 Å². The van der Waals surface area contributed by atoms with Crippen LogP contribution in [-0.2, 0) is 4.79 Å². The summed E-state index contributed by atoms with van der Waals surface area (Å²) in [5, 5.41) is 18.3. The molecule has 0 saturated heterocycles. The number of carbonyl (C=O) groups excluding carboxylic acids is 1. The minimum atomic E-state index is -1.05. The van der Waals surface area contributed by atoms with Crippen LogP contribution in [0.1, 0.15) is 42.5 Å². The van der Waals surface area contributed by atoms with E-state index in [9.17, 15) is 9.59 Å². The van der Waals surface area contributed by atoms with Crippen molar-refractivity contribution in [2.24, 2.45) is 5.41 Å². The first-order valence-electron chi connectivity index (χ1n) is 5.70. The fourth-order valence-corrected chi connectivity index (χ4v) is 1.74. The minimum Gasteiger partial charge on any atom is -0.480 e. The Morgan fingerprint density at radius 3 is 2.22 bits per heavy atom. The van der Waals surface area contributed by atoms with Crippen LogP contribution >= 0.6 is 0 Å². The van der Waals surface area contributed by atoms with E-state index in [-0.39, 0.29) is 0 Å². The number of hydrogen-bond acceptors (Lipinski definition) is 3. The Hall–Kier alpha value is -1.85.